The molecule has 1 unspecified atom stereocenters. The predicted molar refractivity (Wildman–Crippen MR) is 206 cm³/mol. The molecule has 68 heavy (non-hydrogen) atoms. The maximum Gasteiger partial charge on any atom is 0.341 e. The minimum absolute atomic E-state index is 0.361. The highest BCUT2D eigenvalue weighted by atomic mass is 16.7. The van der Waals surface area contributed by atoms with Gasteiger partial charge in [0.2, 0.25) is 29.6 Å². The van der Waals surface area contributed by atoms with Gasteiger partial charge in [0.15, 0.2) is 70.1 Å². The van der Waals surface area contributed by atoms with Gasteiger partial charge in [0.25, 0.3) is 0 Å². The van der Waals surface area contributed by atoms with Crippen LogP contribution in [0, 0.1) is 5.92 Å². The highest BCUT2D eigenvalue weighted by Gasteiger charge is 2.58. The van der Waals surface area contributed by atoms with Crippen molar-refractivity contribution in [3.8, 4) is 80.1 Å². The van der Waals surface area contributed by atoms with Gasteiger partial charge < -0.3 is 99.5 Å². The second-order valence-electron chi connectivity index (χ2n) is 15.2. The summed E-state index contributed by atoms with van der Waals surface area (Å²) in [5.41, 5.74) is -7.08. The van der Waals surface area contributed by atoms with Gasteiger partial charge in [-0.15, -0.1) is 0 Å². The molecular weight excluding hydrogens is 924 g/mol. The molecule has 0 aliphatic carbocycles. The number of benzene rings is 4. The van der Waals surface area contributed by atoms with Gasteiger partial charge in [0.1, 0.15) is 12.7 Å². The first-order valence-corrected chi connectivity index (χ1v) is 19.2. The smallest absolute Gasteiger partial charge is 0.341 e. The molecule has 27 heteroatoms. The van der Waals surface area contributed by atoms with Gasteiger partial charge in [-0.3, -0.25) is 9.59 Å². The van der Waals surface area contributed by atoms with Crippen LogP contribution in [-0.4, -0.2) is 152 Å². The molecule has 0 aromatic heterocycles. The Labute approximate surface area is 374 Å². The molecule has 8 rings (SSSR count). The van der Waals surface area contributed by atoms with E-state index in [1.54, 1.807) is 0 Å². The molecular formula is C41H30O27. The van der Waals surface area contributed by atoms with E-state index in [1.807, 2.05) is 0 Å². The van der Waals surface area contributed by atoms with Gasteiger partial charge in [-0.2, -0.15) is 0 Å². The van der Waals surface area contributed by atoms with Gasteiger partial charge in [0.05, 0.1) is 34.6 Å². The maximum absolute atomic E-state index is 14.6. The number of aliphatic hydroxyl groups is 1. The van der Waals surface area contributed by atoms with Crippen LogP contribution in [0.15, 0.2) is 30.3 Å². The number of rotatable bonds is 4. The number of carboxylic acids is 1. The minimum atomic E-state index is -2.58. The number of hydrogen-bond donors (Lipinski definition) is 13. The number of phenolic OH excluding ortho intramolecular Hbond substituents is 11. The van der Waals surface area contributed by atoms with Gasteiger partial charge in [-0.05, 0) is 30.3 Å². The summed E-state index contributed by atoms with van der Waals surface area (Å²) in [7, 11) is 0. The van der Waals surface area contributed by atoms with E-state index in [0.717, 1.165) is 0 Å². The number of ether oxygens (including phenoxy) is 7. The first kappa shape index (κ1) is 45.5. The second-order valence-corrected chi connectivity index (χ2v) is 15.2. The summed E-state index contributed by atoms with van der Waals surface area (Å²) in [6.07, 6.45) is -16.3. The third kappa shape index (κ3) is 7.31. The molecule has 0 spiro atoms. The van der Waals surface area contributed by atoms with Crippen LogP contribution in [0.4, 0.5) is 0 Å². The number of hydrogen-bond acceptors (Lipinski definition) is 26. The van der Waals surface area contributed by atoms with Crippen LogP contribution in [0.2, 0.25) is 0 Å². The van der Waals surface area contributed by atoms with E-state index in [9.17, 15) is 99.9 Å². The predicted octanol–water partition coefficient (Wildman–Crippen LogP) is -0.00170. The molecule has 4 heterocycles. The summed E-state index contributed by atoms with van der Waals surface area (Å²) in [5, 5.41) is 137. The lowest BCUT2D eigenvalue weighted by Crippen LogP contribution is -2.63. The van der Waals surface area contributed by atoms with Gasteiger partial charge in [-0.1, -0.05) is 0 Å². The molecule has 0 saturated carbocycles. The Morgan fingerprint density at radius 1 is 0.588 bits per heavy atom. The molecule has 1 fully saturated rings. The first-order valence-electron chi connectivity index (χ1n) is 19.2. The van der Waals surface area contributed by atoms with Crippen LogP contribution < -0.4 is 4.74 Å². The molecule has 4 bridgehead atoms. The lowest BCUT2D eigenvalue weighted by Gasteiger charge is -2.44. The van der Waals surface area contributed by atoms with Crippen molar-refractivity contribution in [1.82, 2.24) is 0 Å². The Hall–Kier alpha value is -9.11. The van der Waals surface area contributed by atoms with Crippen molar-refractivity contribution in [1.29, 1.82) is 0 Å². The normalized spacial score (nSPS) is 24.3. The molecule has 4 aromatic rings. The van der Waals surface area contributed by atoms with Crippen LogP contribution in [0.3, 0.4) is 0 Å². The fourth-order valence-corrected chi connectivity index (χ4v) is 8.04. The van der Waals surface area contributed by atoms with Crippen molar-refractivity contribution in [2.45, 2.75) is 49.1 Å². The van der Waals surface area contributed by atoms with Crippen molar-refractivity contribution in [2.75, 3.05) is 6.61 Å². The third-order valence-electron chi connectivity index (χ3n) is 11.2. The average molecular weight is 955 g/mol. The molecule has 4 aromatic carbocycles. The van der Waals surface area contributed by atoms with Crippen LogP contribution in [-0.2, 0) is 42.8 Å². The van der Waals surface area contributed by atoms with E-state index < -0.39 is 211 Å². The van der Waals surface area contributed by atoms with Crippen molar-refractivity contribution >= 4 is 41.8 Å². The van der Waals surface area contributed by atoms with Crippen LogP contribution in [0.1, 0.15) is 59.3 Å². The standard InChI is InChI=1S/C41H30O27/c42-13-1-8(2-14(43)24(13)49)35(56)68-41-34-33-31(64-39(60)12(6-19(47)48)22-23-11(38(59)67-34)5-17(46)27(52)32(23)65-40(61)30(22)55)18(63-41)7-62-36(57)9-3-15(44)25(50)28(53)20(9)21-10(37(58)66-33)4-16(45)26(51)29(21)54/h1-5,12,18,22,30-31,33-34,41-46,49-55H,6-7H2,(H,47,48)/t12-,18+,22-,30-,31?,33-,34+,41-/m0/s1. The zero-order valence-corrected chi connectivity index (χ0v) is 33.4. The number of aliphatic carboxylic acids is 1. The van der Waals surface area contributed by atoms with E-state index >= 15 is 0 Å². The molecule has 0 amide bonds. The van der Waals surface area contributed by atoms with Crippen molar-refractivity contribution < 1.29 is 133 Å². The Bertz CT molecular complexity index is 2900. The molecule has 4 aliphatic heterocycles. The molecule has 13 N–H and O–H groups in total. The molecule has 27 nitrogen and oxygen atoms in total. The number of aromatic hydroxyl groups is 11. The topological polar surface area (TPSA) is 447 Å². The molecule has 8 atom stereocenters. The molecule has 356 valence electrons. The van der Waals surface area contributed by atoms with E-state index in [4.69, 9.17) is 33.2 Å². The fourth-order valence-electron chi connectivity index (χ4n) is 8.04. The lowest BCUT2D eigenvalue weighted by molar-refractivity contribution is -0.287. The molecule has 0 radical (unpaired) electrons. The van der Waals surface area contributed by atoms with Crippen molar-refractivity contribution in [3.63, 3.8) is 0 Å². The monoisotopic (exact) mass is 954 g/mol. The highest BCUT2D eigenvalue weighted by Crippen LogP contribution is 2.54. The van der Waals surface area contributed by atoms with Gasteiger partial charge in [-0.25, -0.2) is 24.0 Å². The lowest BCUT2D eigenvalue weighted by atomic mass is 9.76. The van der Waals surface area contributed by atoms with Crippen LogP contribution in [0.25, 0.3) is 11.1 Å². The Kier molecular flexibility index (Phi) is 11.0. The summed E-state index contributed by atoms with van der Waals surface area (Å²) >= 11 is 0. The Morgan fingerprint density at radius 3 is 1.69 bits per heavy atom. The van der Waals surface area contributed by atoms with Crippen molar-refractivity contribution in [3.05, 3.63) is 58.1 Å². The van der Waals surface area contributed by atoms with Crippen LogP contribution >= 0.6 is 0 Å². The number of carbonyl (C=O) groups is 7. The summed E-state index contributed by atoms with van der Waals surface area (Å²) in [4.78, 5) is 96.8. The minimum Gasteiger partial charge on any atom is -0.504 e. The average Bonchev–Trinajstić information content (AvgIpc) is 3.28. The third-order valence-corrected chi connectivity index (χ3v) is 11.2. The van der Waals surface area contributed by atoms with Gasteiger partial charge in [0, 0.05) is 22.6 Å². The summed E-state index contributed by atoms with van der Waals surface area (Å²) in [6.45, 7) is -1.31. The number of aliphatic hydroxyl groups excluding tert-OH is 1. The van der Waals surface area contributed by atoms with Crippen LogP contribution in [0.5, 0.6) is 69.0 Å². The zero-order valence-electron chi connectivity index (χ0n) is 33.4. The first-order chi connectivity index (χ1) is 32.0. The highest BCUT2D eigenvalue weighted by molar-refractivity contribution is 6.08. The number of fused-ring (bicyclic) bond motifs is 3. The SMILES string of the molecule is O=C(O)C[C@@H]1C(=O)OC2[C@H]3COC(=O)c4cc(O)c(O)c(O)c4-c4c(cc(O)c(O)c4O)C(=O)O[C@@H]2[C@@H](OC(=O)c2cc(O)c(O)c4c2[C@H]1[C@H](O)C(=O)O4)[C@H](OC(=O)c1cc(O)c(O)c(O)c1)O3. The maximum atomic E-state index is 14.6. The van der Waals surface area contributed by atoms with Gasteiger partial charge >= 0.3 is 41.8 Å². The summed E-state index contributed by atoms with van der Waals surface area (Å²) < 4.78 is 38.8. The number of cyclic esters (lactones) is 1. The number of phenols is 11. The Morgan fingerprint density at radius 2 is 1.10 bits per heavy atom. The number of esters is 6. The quantitative estimate of drug-likeness (QED) is 0.0554. The zero-order chi connectivity index (χ0) is 49.5. The second kappa shape index (κ2) is 16.4. The number of carbonyl (C=O) groups excluding carboxylic acids is 6. The van der Waals surface area contributed by atoms with Crippen molar-refractivity contribution in [2.24, 2.45) is 5.92 Å². The Balaban J connectivity index is 1.39. The van der Waals surface area contributed by atoms with E-state index in [-0.39, 0.29) is 0 Å². The molecule has 1 saturated heterocycles. The largest absolute Gasteiger partial charge is 0.504 e. The fraction of sp³-hybridized carbons (Fsp3) is 0.244. The number of carboxylic acid groups (broad SMARTS) is 1. The summed E-state index contributed by atoms with van der Waals surface area (Å²) in [5.74, 6) is -32.0. The van der Waals surface area contributed by atoms with E-state index in [1.165, 1.54) is 0 Å². The summed E-state index contributed by atoms with van der Waals surface area (Å²) in [6, 6.07) is 2.36. The van der Waals surface area contributed by atoms with E-state index in [0.29, 0.717) is 30.3 Å². The molecule has 4 aliphatic rings. The van der Waals surface area contributed by atoms with E-state index in [2.05, 4.69) is 0 Å².